The lowest BCUT2D eigenvalue weighted by molar-refractivity contribution is 0.174. The molecule has 0 spiro atoms. The van der Waals surface area contributed by atoms with E-state index in [1.807, 2.05) is 60.7 Å². The van der Waals surface area contributed by atoms with Crippen LogP contribution in [0.5, 0.6) is 0 Å². The predicted molar refractivity (Wildman–Crippen MR) is 119 cm³/mol. The monoisotopic (exact) mass is 436 g/mol. The van der Waals surface area contributed by atoms with Gasteiger partial charge in [-0.15, -0.1) is 0 Å². The second kappa shape index (κ2) is 9.83. The molecule has 2 N–H and O–H groups in total. The van der Waals surface area contributed by atoms with Gasteiger partial charge in [-0.2, -0.15) is 15.0 Å². The fourth-order valence-corrected chi connectivity index (χ4v) is 3.54. The van der Waals surface area contributed by atoms with Crippen molar-refractivity contribution >= 4 is 11.6 Å². The zero-order valence-corrected chi connectivity index (χ0v) is 17.5. The van der Waals surface area contributed by atoms with Crippen LogP contribution in [-0.2, 0) is 13.1 Å². The van der Waals surface area contributed by atoms with E-state index < -0.39 is 6.10 Å². The molecule has 3 aromatic carbocycles. The molecule has 0 aliphatic heterocycles. The second-order valence-corrected chi connectivity index (χ2v) is 7.59. The van der Waals surface area contributed by atoms with E-state index in [1.165, 1.54) is 12.1 Å². The summed E-state index contributed by atoms with van der Waals surface area (Å²) in [6.07, 6.45) is -0.616. The van der Waals surface area contributed by atoms with Crippen LogP contribution in [0, 0.1) is 5.82 Å². The Morgan fingerprint density at radius 3 is 2.39 bits per heavy atom. The minimum Gasteiger partial charge on any atom is -0.387 e. The van der Waals surface area contributed by atoms with Crippen molar-refractivity contribution in [2.24, 2.45) is 0 Å². The Morgan fingerprint density at radius 1 is 0.968 bits per heavy atom. The van der Waals surface area contributed by atoms with Crippen molar-refractivity contribution in [2.45, 2.75) is 19.2 Å². The van der Waals surface area contributed by atoms with Gasteiger partial charge in [0.05, 0.1) is 12.6 Å². The average Bonchev–Trinajstić information content (AvgIpc) is 3.19. The van der Waals surface area contributed by atoms with Gasteiger partial charge in [0.15, 0.2) is 0 Å². The molecule has 0 radical (unpaired) electrons. The van der Waals surface area contributed by atoms with E-state index in [4.69, 9.17) is 11.6 Å². The quantitative estimate of drug-likeness (QED) is 0.423. The van der Waals surface area contributed by atoms with Gasteiger partial charge >= 0.3 is 0 Å². The summed E-state index contributed by atoms with van der Waals surface area (Å²) < 4.78 is 13.4. The van der Waals surface area contributed by atoms with Crippen molar-refractivity contribution in [1.82, 2.24) is 20.3 Å². The maximum Gasteiger partial charge on any atom is 0.124 e. The third-order valence-corrected chi connectivity index (χ3v) is 5.27. The Labute approximate surface area is 185 Å². The number of aliphatic hydroxyl groups is 1. The SMILES string of the molecule is O[C@@H](CNCc1nn(Cc2ccc(F)cc2Cl)nc1-c1ccccc1)c1ccccc1. The van der Waals surface area contributed by atoms with Crippen LogP contribution in [-0.4, -0.2) is 26.6 Å². The van der Waals surface area contributed by atoms with E-state index in [-0.39, 0.29) is 5.82 Å². The van der Waals surface area contributed by atoms with Crippen LogP contribution in [0.25, 0.3) is 11.3 Å². The molecule has 4 aromatic rings. The smallest absolute Gasteiger partial charge is 0.124 e. The van der Waals surface area contributed by atoms with E-state index in [0.717, 1.165) is 28.1 Å². The van der Waals surface area contributed by atoms with Gasteiger partial charge in [0.25, 0.3) is 0 Å². The van der Waals surface area contributed by atoms with Gasteiger partial charge in [-0.1, -0.05) is 78.3 Å². The first-order valence-electron chi connectivity index (χ1n) is 9.97. The van der Waals surface area contributed by atoms with Gasteiger partial charge in [-0.25, -0.2) is 4.39 Å². The van der Waals surface area contributed by atoms with Gasteiger partial charge < -0.3 is 10.4 Å². The number of nitrogens with one attached hydrogen (secondary N) is 1. The van der Waals surface area contributed by atoms with Gasteiger partial charge in [0.2, 0.25) is 0 Å². The molecule has 4 rings (SSSR count). The van der Waals surface area contributed by atoms with Crippen molar-refractivity contribution in [1.29, 1.82) is 0 Å². The van der Waals surface area contributed by atoms with Crippen LogP contribution < -0.4 is 5.32 Å². The molecule has 1 atom stereocenters. The zero-order valence-electron chi connectivity index (χ0n) is 16.7. The summed E-state index contributed by atoms with van der Waals surface area (Å²) in [4.78, 5) is 1.56. The van der Waals surface area contributed by atoms with Gasteiger partial charge in [-0.3, -0.25) is 0 Å². The van der Waals surface area contributed by atoms with Crippen molar-refractivity contribution in [3.63, 3.8) is 0 Å². The van der Waals surface area contributed by atoms with E-state index in [0.29, 0.717) is 24.7 Å². The number of aliphatic hydroxyl groups excluding tert-OH is 1. The maximum atomic E-state index is 13.4. The van der Waals surface area contributed by atoms with Crippen molar-refractivity contribution in [2.75, 3.05) is 6.54 Å². The molecule has 31 heavy (non-hydrogen) atoms. The molecule has 0 unspecified atom stereocenters. The highest BCUT2D eigenvalue weighted by molar-refractivity contribution is 6.31. The van der Waals surface area contributed by atoms with E-state index in [9.17, 15) is 9.50 Å². The lowest BCUT2D eigenvalue weighted by Gasteiger charge is -2.11. The van der Waals surface area contributed by atoms with E-state index in [1.54, 1.807) is 10.9 Å². The first kappa shape index (κ1) is 21.2. The largest absolute Gasteiger partial charge is 0.387 e. The molecule has 1 heterocycles. The molecule has 5 nitrogen and oxygen atoms in total. The Morgan fingerprint density at radius 2 is 1.68 bits per heavy atom. The van der Waals surface area contributed by atoms with Crippen molar-refractivity contribution in [3.8, 4) is 11.3 Å². The average molecular weight is 437 g/mol. The lowest BCUT2D eigenvalue weighted by Crippen LogP contribution is -2.21. The number of nitrogens with zero attached hydrogens (tertiary/aromatic N) is 3. The summed E-state index contributed by atoms with van der Waals surface area (Å²) in [7, 11) is 0. The van der Waals surface area contributed by atoms with Crippen LogP contribution in [0.1, 0.15) is 22.9 Å². The zero-order chi connectivity index (χ0) is 21.6. The highest BCUT2D eigenvalue weighted by atomic mass is 35.5. The minimum atomic E-state index is -0.616. The fourth-order valence-electron chi connectivity index (χ4n) is 3.31. The second-order valence-electron chi connectivity index (χ2n) is 7.18. The van der Waals surface area contributed by atoms with Crippen molar-refractivity contribution in [3.05, 3.63) is 107 Å². The maximum absolute atomic E-state index is 13.4. The van der Waals surface area contributed by atoms with Gasteiger partial charge in [0, 0.05) is 23.7 Å². The molecule has 1 aromatic heterocycles. The molecule has 0 saturated carbocycles. The Kier molecular flexibility index (Phi) is 6.72. The summed E-state index contributed by atoms with van der Waals surface area (Å²) >= 11 is 6.17. The molecule has 0 saturated heterocycles. The molecule has 0 amide bonds. The normalized spacial score (nSPS) is 12.1. The minimum absolute atomic E-state index is 0.325. The number of hydrogen-bond acceptors (Lipinski definition) is 4. The van der Waals surface area contributed by atoms with Crippen molar-refractivity contribution < 1.29 is 9.50 Å². The first-order valence-corrected chi connectivity index (χ1v) is 10.3. The number of benzene rings is 3. The van der Waals surface area contributed by atoms with Crippen LogP contribution in [0.15, 0.2) is 78.9 Å². The summed E-state index contributed by atoms with van der Waals surface area (Å²) in [5, 5.41) is 23.3. The van der Waals surface area contributed by atoms with Crippen LogP contribution in [0.4, 0.5) is 4.39 Å². The highest BCUT2D eigenvalue weighted by Crippen LogP contribution is 2.22. The number of halogens is 2. The Hall–Kier alpha value is -3.06. The molecular formula is C24H22ClFN4O. The van der Waals surface area contributed by atoms with E-state index >= 15 is 0 Å². The summed E-state index contributed by atoms with van der Waals surface area (Å²) in [6, 6.07) is 23.6. The van der Waals surface area contributed by atoms with Crippen LogP contribution >= 0.6 is 11.6 Å². The Balaban J connectivity index is 1.52. The molecule has 7 heteroatoms. The number of aromatic nitrogens is 3. The van der Waals surface area contributed by atoms with Gasteiger partial charge in [0.1, 0.15) is 17.2 Å². The molecule has 0 bridgehead atoms. The van der Waals surface area contributed by atoms with E-state index in [2.05, 4.69) is 15.5 Å². The predicted octanol–water partition coefficient (Wildman–Crippen LogP) is 4.61. The molecule has 158 valence electrons. The first-order chi connectivity index (χ1) is 15.1. The highest BCUT2D eigenvalue weighted by Gasteiger charge is 2.15. The van der Waals surface area contributed by atoms with Gasteiger partial charge in [-0.05, 0) is 23.3 Å². The summed E-state index contributed by atoms with van der Waals surface area (Å²) in [5.41, 5.74) is 4.04. The molecule has 0 aliphatic rings. The number of hydrogen-bond donors (Lipinski definition) is 2. The Bertz CT molecular complexity index is 1140. The number of rotatable bonds is 8. The molecule has 0 fully saturated rings. The van der Waals surface area contributed by atoms with Crippen LogP contribution in [0.2, 0.25) is 5.02 Å². The standard InChI is InChI=1S/C24H22ClFN4O/c25-21-13-20(26)12-11-19(21)16-30-28-22(24(29-30)18-9-5-2-6-10-18)14-27-15-23(31)17-7-3-1-4-8-17/h1-13,23,27,31H,14-16H2/t23-/m0/s1. The molecule has 0 aliphatic carbocycles. The molecular weight excluding hydrogens is 415 g/mol. The fraction of sp³-hybridized carbons (Fsp3) is 0.167. The summed E-state index contributed by atoms with van der Waals surface area (Å²) in [5.74, 6) is -0.381. The lowest BCUT2D eigenvalue weighted by atomic mass is 10.1. The van der Waals surface area contributed by atoms with Crippen LogP contribution in [0.3, 0.4) is 0 Å². The summed E-state index contributed by atoms with van der Waals surface area (Å²) in [6.45, 7) is 1.14. The third-order valence-electron chi connectivity index (χ3n) is 4.91. The topological polar surface area (TPSA) is 63.0 Å². The third kappa shape index (κ3) is 5.35.